The molecule has 1 amide bonds. The van der Waals surface area contributed by atoms with Gasteiger partial charge in [0.1, 0.15) is 23.1 Å². The highest BCUT2D eigenvalue weighted by atomic mass is 32.1. The molecule has 0 bridgehead atoms. The predicted molar refractivity (Wildman–Crippen MR) is 98.4 cm³/mol. The van der Waals surface area contributed by atoms with Crippen molar-refractivity contribution in [2.24, 2.45) is 7.05 Å². The first-order valence-electron chi connectivity index (χ1n) is 7.86. The van der Waals surface area contributed by atoms with Crippen LogP contribution < -0.4 is 5.32 Å². The van der Waals surface area contributed by atoms with Gasteiger partial charge < -0.3 is 5.32 Å². The maximum absolute atomic E-state index is 12.3. The lowest BCUT2D eigenvalue weighted by atomic mass is 10.3. The average molecular weight is 365 g/mol. The molecule has 0 aliphatic carbocycles. The van der Waals surface area contributed by atoms with E-state index in [1.807, 2.05) is 23.6 Å². The molecule has 8 nitrogen and oxygen atoms in total. The molecule has 9 heteroatoms. The fourth-order valence-electron chi connectivity index (χ4n) is 2.48. The lowest BCUT2D eigenvalue weighted by Crippen LogP contribution is -2.20. The number of aryl methyl sites for hydroxylation is 1. The summed E-state index contributed by atoms with van der Waals surface area (Å²) in [5, 5.41) is 14.2. The van der Waals surface area contributed by atoms with Crippen LogP contribution in [-0.2, 0) is 18.4 Å². The molecule has 26 heavy (non-hydrogen) atoms. The first-order valence-corrected chi connectivity index (χ1v) is 8.74. The molecule has 4 rings (SSSR count). The van der Waals surface area contributed by atoms with Gasteiger partial charge in [0.05, 0.1) is 11.9 Å². The largest absolute Gasteiger partial charge is 0.309 e. The standard InChI is InChI=1S/C17H15N7OS/c1-23-15(8-14(22-23)13-4-2-3-5-18-13)21-16(25)11-24-10-12(9-20-24)17-19-6-7-26-17/h2-10H,11H2,1H3,(H,21,25). The van der Waals surface area contributed by atoms with Gasteiger partial charge in [0.15, 0.2) is 0 Å². The molecular weight excluding hydrogens is 350 g/mol. The normalized spacial score (nSPS) is 10.8. The Kier molecular flexibility index (Phi) is 4.28. The van der Waals surface area contributed by atoms with Crippen molar-refractivity contribution < 1.29 is 4.79 Å². The Bertz CT molecular complexity index is 1020. The number of nitrogens with one attached hydrogen (secondary N) is 1. The van der Waals surface area contributed by atoms with Gasteiger partial charge in [-0.3, -0.25) is 19.1 Å². The molecule has 0 fully saturated rings. The van der Waals surface area contributed by atoms with E-state index in [-0.39, 0.29) is 12.5 Å². The molecule has 0 aromatic carbocycles. The van der Waals surface area contributed by atoms with Crippen molar-refractivity contribution in [3.63, 3.8) is 0 Å². The minimum Gasteiger partial charge on any atom is -0.309 e. The van der Waals surface area contributed by atoms with Crippen LogP contribution in [0.3, 0.4) is 0 Å². The van der Waals surface area contributed by atoms with Crippen LogP contribution >= 0.6 is 11.3 Å². The number of amides is 1. The number of hydrogen-bond donors (Lipinski definition) is 1. The highest BCUT2D eigenvalue weighted by Gasteiger charge is 2.12. The van der Waals surface area contributed by atoms with E-state index < -0.39 is 0 Å². The fourth-order valence-corrected chi connectivity index (χ4v) is 3.09. The molecule has 0 spiro atoms. The SMILES string of the molecule is Cn1nc(-c2ccccn2)cc1NC(=O)Cn1cc(-c2nccs2)cn1. The minimum absolute atomic E-state index is 0.107. The van der Waals surface area contributed by atoms with E-state index >= 15 is 0 Å². The van der Waals surface area contributed by atoms with Gasteiger partial charge in [-0.2, -0.15) is 10.2 Å². The molecule has 4 aromatic heterocycles. The Hall–Kier alpha value is -3.33. The van der Waals surface area contributed by atoms with E-state index in [9.17, 15) is 4.79 Å². The van der Waals surface area contributed by atoms with Crippen molar-refractivity contribution in [1.29, 1.82) is 0 Å². The van der Waals surface area contributed by atoms with Gasteiger partial charge in [0, 0.05) is 42.6 Å². The molecule has 0 aliphatic heterocycles. The summed E-state index contributed by atoms with van der Waals surface area (Å²) in [5.41, 5.74) is 2.35. The van der Waals surface area contributed by atoms with Crippen molar-refractivity contribution in [3.8, 4) is 22.0 Å². The van der Waals surface area contributed by atoms with Crippen LogP contribution in [0.4, 0.5) is 5.82 Å². The van der Waals surface area contributed by atoms with Crippen LogP contribution in [0.5, 0.6) is 0 Å². The van der Waals surface area contributed by atoms with Gasteiger partial charge in [-0.1, -0.05) is 6.07 Å². The van der Waals surface area contributed by atoms with Crippen LogP contribution in [0, 0.1) is 0 Å². The number of hydrogen-bond acceptors (Lipinski definition) is 6. The molecule has 0 radical (unpaired) electrons. The number of pyridine rings is 1. The fraction of sp³-hybridized carbons (Fsp3) is 0.118. The zero-order valence-corrected chi connectivity index (χ0v) is 14.7. The molecule has 1 N–H and O–H groups in total. The molecule has 4 heterocycles. The summed E-state index contributed by atoms with van der Waals surface area (Å²) in [6, 6.07) is 7.41. The Balaban J connectivity index is 1.45. The summed E-state index contributed by atoms with van der Waals surface area (Å²) >= 11 is 1.53. The summed E-state index contributed by atoms with van der Waals surface area (Å²) in [6.45, 7) is 0.107. The maximum atomic E-state index is 12.3. The van der Waals surface area contributed by atoms with Gasteiger partial charge in [0.2, 0.25) is 5.91 Å². The second kappa shape index (κ2) is 6.89. The molecule has 130 valence electrons. The van der Waals surface area contributed by atoms with Crippen LogP contribution in [0.15, 0.2) is 54.4 Å². The van der Waals surface area contributed by atoms with Gasteiger partial charge in [-0.25, -0.2) is 4.98 Å². The second-order valence-electron chi connectivity index (χ2n) is 5.57. The first-order chi connectivity index (χ1) is 12.7. The molecule has 0 saturated heterocycles. The Morgan fingerprint density at radius 2 is 2.15 bits per heavy atom. The summed E-state index contributed by atoms with van der Waals surface area (Å²) in [5.74, 6) is 0.414. The summed E-state index contributed by atoms with van der Waals surface area (Å²) in [7, 11) is 1.77. The van der Waals surface area contributed by atoms with E-state index in [1.165, 1.54) is 11.3 Å². The Labute approximate surface area is 153 Å². The van der Waals surface area contributed by atoms with Crippen molar-refractivity contribution in [1.82, 2.24) is 29.5 Å². The molecular formula is C17H15N7OS. The monoisotopic (exact) mass is 365 g/mol. The summed E-state index contributed by atoms with van der Waals surface area (Å²) in [6.07, 6.45) is 6.96. The van der Waals surface area contributed by atoms with E-state index in [2.05, 4.69) is 25.5 Å². The van der Waals surface area contributed by atoms with Gasteiger partial charge in [-0.15, -0.1) is 11.3 Å². The number of thiazole rings is 1. The molecule has 4 aromatic rings. The number of aromatic nitrogens is 6. The topological polar surface area (TPSA) is 90.5 Å². The number of nitrogens with zero attached hydrogens (tertiary/aromatic N) is 6. The number of carbonyl (C=O) groups excluding carboxylic acids is 1. The smallest absolute Gasteiger partial charge is 0.247 e. The van der Waals surface area contributed by atoms with E-state index in [0.717, 1.165) is 16.3 Å². The molecule has 0 atom stereocenters. The molecule has 0 aliphatic rings. The Morgan fingerprint density at radius 3 is 2.92 bits per heavy atom. The minimum atomic E-state index is -0.186. The van der Waals surface area contributed by atoms with Crippen LogP contribution in [0.2, 0.25) is 0 Å². The zero-order chi connectivity index (χ0) is 17.9. The van der Waals surface area contributed by atoms with Gasteiger partial charge >= 0.3 is 0 Å². The highest BCUT2D eigenvalue weighted by Crippen LogP contribution is 2.21. The van der Waals surface area contributed by atoms with E-state index in [4.69, 9.17) is 0 Å². The number of anilines is 1. The summed E-state index contributed by atoms with van der Waals surface area (Å²) < 4.78 is 3.20. The van der Waals surface area contributed by atoms with Crippen molar-refractivity contribution in [3.05, 3.63) is 54.4 Å². The maximum Gasteiger partial charge on any atom is 0.247 e. The quantitative estimate of drug-likeness (QED) is 0.587. The van der Waals surface area contributed by atoms with E-state index in [0.29, 0.717) is 11.5 Å². The molecule has 0 saturated carbocycles. The third-order valence-electron chi connectivity index (χ3n) is 3.69. The average Bonchev–Trinajstić information content (AvgIpc) is 3.38. The van der Waals surface area contributed by atoms with Crippen LogP contribution in [-0.4, -0.2) is 35.4 Å². The van der Waals surface area contributed by atoms with Crippen molar-refractivity contribution in [2.45, 2.75) is 6.54 Å². The second-order valence-corrected chi connectivity index (χ2v) is 6.46. The summed E-state index contributed by atoms with van der Waals surface area (Å²) in [4.78, 5) is 20.8. The third kappa shape index (κ3) is 3.38. The van der Waals surface area contributed by atoms with E-state index in [1.54, 1.807) is 47.3 Å². The first kappa shape index (κ1) is 16.2. The Morgan fingerprint density at radius 1 is 1.23 bits per heavy atom. The van der Waals surface area contributed by atoms with Gasteiger partial charge in [0.25, 0.3) is 0 Å². The number of rotatable bonds is 5. The van der Waals surface area contributed by atoms with Crippen molar-refractivity contribution in [2.75, 3.05) is 5.32 Å². The predicted octanol–water partition coefficient (Wildman–Crippen LogP) is 2.44. The zero-order valence-electron chi connectivity index (χ0n) is 13.9. The van der Waals surface area contributed by atoms with Gasteiger partial charge in [-0.05, 0) is 12.1 Å². The highest BCUT2D eigenvalue weighted by molar-refractivity contribution is 7.13. The lowest BCUT2D eigenvalue weighted by molar-refractivity contribution is -0.116. The third-order valence-corrected chi connectivity index (χ3v) is 4.51. The van der Waals surface area contributed by atoms with Crippen molar-refractivity contribution >= 4 is 23.1 Å². The number of carbonyl (C=O) groups is 1. The van der Waals surface area contributed by atoms with Crippen LogP contribution in [0.25, 0.3) is 22.0 Å². The lowest BCUT2D eigenvalue weighted by Gasteiger charge is -2.04. The molecule has 0 unspecified atom stereocenters. The van der Waals surface area contributed by atoms with Crippen LogP contribution in [0.1, 0.15) is 0 Å².